The number of carbonyl (C=O) groups excluding carboxylic acids is 4. The Balaban J connectivity index is 0.000000291. The maximum absolute atomic E-state index is 12.2. The average Bonchev–Trinajstić information content (AvgIpc) is 3.15. The molecule has 4 N–H and O–H groups in total. The molecule has 0 aromatic heterocycles. The Morgan fingerprint density at radius 3 is 0.759 bits per heavy atom. The summed E-state index contributed by atoms with van der Waals surface area (Å²) >= 11 is 0. The zero-order valence-corrected chi connectivity index (χ0v) is 28.4. The molecule has 0 saturated heterocycles. The molecule has 0 heterocycles. The minimum atomic E-state index is -2.22. The van der Waals surface area contributed by atoms with Gasteiger partial charge in [0.15, 0.2) is 0 Å². The monoisotopic (exact) mass is 744 g/mol. The summed E-state index contributed by atoms with van der Waals surface area (Å²) in [6, 6.07) is 26.9. The Kier molecular flexibility index (Phi) is 14.7. The number of ether oxygens (including phenoxy) is 4. The minimum absolute atomic E-state index is 0.0253. The standard InChI is InChI=1S/C20H18O8.C18H14O8/c1-11-3-7-13(8-4-11)19(25)27-15(17(21)22)16(18(23)24)28-20(26)14-9-5-12(2)6-10-14;19-15(20)13(25-17(23)11-7-3-1-4-8-11)14(16(21)22)26-18(24)12-9-5-2-6-10-12/h3-10,15-16H,1-2H3,(H,21,22)(H,23,24);1-10,13-14H,(H,19,20)(H,21,22)/t15-,16?;13-,14?/m00/s1. The molecule has 4 atom stereocenters. The molecule has 0 amide bonds. The van der Waals surface area contributed by atoms with Gasteiger partial charge in [-0.25, -0.2) is 38.4 Å². The summed E-state index contributed by atoms with van der Waals surface area (Å²) in [5.74, 6) is -11.3. The summed E-state index contributed by atoms with van der Waals surface area (Å²) in [7, 11) is 0. The minimum Gasteiger partial charge on any atom is -0.478 e. The number of carboxylic acid groups (broad SMARTS) is 4. The van der Waals surface area contributed by atoms with E-state index >= 15 is 0 Å². The summed E-state index contributed by atoms with van der Waals surface area (Å²) in [4.78, 5) is 94.2. The predicted molar refractivity (Wildman–Crippen MR) is 183 cm³/mol. The average molecular weight is 745 g/mol. The number of rotatable bonds is 14. The SMILES string of the molecule is Cc1ccc(C(=O)OC(C(=O)O)[C@H](OC(=O)c2ccc(C)cc2)C(=O)O)cc1.O=C(OC(C(=O)O)[C@H](OC(=O)c1ccccc1)C(=O)O)c1ccccc1. The first-order chi connectivity index (χ1) is 25.6. The van der Waals surface area contributed by atoms with E-state index in [4.69, 9.17) is 18.9 Å². The first-order valence-corrected chi connectivity index (χ1v) is 15.6. The van der Waals surface area contributed by atoms with E-state index in [1.165, 1.54) is 72.8 Å². The molecule has 0 aliphatic carbocycles. The molecule has 0 aliphatic heterocycles. The topological polar surface area (TPSA) is 254 Å². The van der Waals surface area contributed by atoms with Gasteiger partial charge in [0.05, 0.1) is 22.3 Å². The van der Waals surface area contributed by atoms with Gasteiger partial charge in [0.25, 0.3) is 0 Å². The highest BCUT2D eigenvalue weighted by molar-refractivity contribution is 5.96. The lowest BCUT2D eigenvalue weighted by Crippen LogP contribution is -2.45. The molecule has 4 aromatic rings. The Hall–Kier alpha value is -7.36. The van der Waals surface area contributed by atoms with Crippen molar-refractivity contribution in [3.8, 4) is 0 Å². The first-order valence-electron chi connectivity index (χ1n) is 15.6. The van der Waals surface area contributed by atoms with Crippen LogP contribution < -0.4 is 0 Å². The summed E-state index contributed by atoms with van der Waals surface area (Å²) < 4.78 is 19.2. The first kappa shape index (κ1) is 41.1. The number of hydrogen-bond acceptors (Lipinski definition) is 12. The smallest absolute Gasteiger partial charge is 0.349 e. The third kappa shape index (κ3) is 11.9. The van der Waals surface area contributed by atoms with Gasteiger partial charge in [0.2, 0.25) is 24.4 Å². The molecule has 4 aromatic carbocycles. The number of aliphatic carboxylic acids is 4. The second-order valence-corrected chi connectivity index (χ2v) is 11.1. The van der Waals surface area contributed by atoms with E-state index < -0.39 is 72.2 Å². The molecule has 0 aliphatic rings. The number of benzene rings is 4. The normalized spacial score (nSPS) is 12.5. The van der Waals surface area contributed by atoms with Gasteiger partial charge < -0.3 is 39.4 Å². The second-order valence-electron chi connectivity index (χ2n) is 11.1. The van der Waals surface area contributed by atoms with E-state index in [0.29, 0.717) is 0 Å². The van der Waals surface area contributed by atoms with Crippen LogP contribution in [-0.4, -0.2) is 92.6 Å². The van der Waals surface area contributed by atoms with Crippen molar-refractivity contribution < 1.29 is 77.7 Å². The highest BCUT2D eigenvalue weighted by atomic mass is 16.6. The van der Waals surface area contributed by atoms with Crippen molar-refractivity contribution in [2.45, 2.75) is 38.3 Å². The van der Waals surface area contributed by atoms with Gasteiger partial charge in [-0.1, -0.05) is 71.8 Å². The van der Waals surface area contributed by atoms with Crippen molar-refractivity contribution in [3.63, 3.8) is 0 Å². The number of carboxylic acids is 4. The Morgan fingerprint density at radius 1 is 0.352 bits per heavy atom. The molecule has 280 valence electrons. The van der Waals surface area contributed by atoms with Crippen molar-refractivity contribution in [3.05, 3.63) is 143 Å². The van der Waals surface area contributed by atoms with Crippen molar-refractivity contribution >= 4 is 47.8 Å². The number of esters is 4. The largest absolute Gasteiger partial charge is 0.478 e. The van der Waals surface area contributed by atoms with Crippen molar-refractivity contribution in [2.75, 3.05) is 0 Å². The Bertz CT molecular complexity index is 1830. The van der Waals surface area contributed by atoms with E-state index in [0.717, 1.165) is 11.1 Å². The number of hydrogen-bond donors (Lipinski definition) is 4. The second kappa shape index (κ2) is 19.3. The Labute approximate surface area is 306 Å². The number of aryl methyl sites for hydroxylation is 2. The summed E-state index contributed by atoms with van der Waals surface area (Å²) in [6.07, 6.45) is -8.87. The molecule has 0 radical (unpaired) electrons. The third-order valence-electron chi connectivity index (χ3n) is 7.05. The van der Waals surface area contributed by atoms with Gasteiger partial charge in [-0.05, 0) is 62.4 Å². The van der Waals surface area contributed by atoms with E-state index in [9.17, 15) is 58.8 Å². The molecule has 54 heavy (non-hydrogen) atoms. The zero-order chi connectivity index (χ0) is 39.9. The summed E-state index contributed by atoms with van der Waals surface area (Å²) in [5, 5.41) is 37.1. The quantitative estimate of drug-likeness (QED) is 0.106. The maximum Gasteiger partial charge on any atom is 0.349 e. The molecule has 16 heteroatoms. The summed E-state index contributed by atoms with van der Waals surface area (Å²) in [6.45, 7) is 3.58. The molecule has 0 bridgehead atoms. The fraction of sp³-hybridized carbons (Fsp3) is 0.158. The van der Waals surface area contributed by atoms with Crippen LogP contribution in [0.5, 0.6) is 0 Å². The summed E-state index contributed by atoms with van der Waals surface area (Å²) in [5.41, 5.74) is 1.84. The maximum atomic E-state index is 12.2. The molecule has 0 saturated carbocycles. The highest BCUT2D eigenvalue weighted by Crippen LogP contribution is 2.16. The van der Waals surface area contributed by atoms with Crippen LogP contribution >= 0.6 is 0 Å². The molecule has 2 unspecified atom stereocenters. The van der Waals surface area contributed by atoms with Gasteiger partial charge in [0.1, 0.15) is 0 Å². The third-order valence-corrected chi connectivity index (χ3v) is 7.05. The molecule has 16 nitrogen and oxygen atoms in total. The fourth-order valence-electron chi connectivity index (χ4n) is 4.23. The van der Waals surface area contributed by atoms with Crippen LogP contribution in [0.25, 0.3) is 0 Å². The van der Waals surface area contributed by atoms with Crippen LogP contribution in [0.1, 0.15) is 52.6 Å². The van der Waals surface area contributed by atoms with Crippen LogP contribution in [0.2, 0.25) is 0 Å². The van der Waals surface area contributed by atoms with Crippen LogP contribution in [0.4, 0.5) is 0 Å². The molecule has 0 spiro atoms. The lowest BCUT2D eigenvalue weighted by molar-refractivity contribution is -0.166. The fourth-order valence-corrected chi connectivity index (χ4v) is 4.23. The van der Waals surface area contributed by atoms with E-state index in [1.807, 2.05) is 0 Å². The van der Waals surface area contributed by atoms with Crippen molar-refractivity contribution in [1.29, 1.82) is 0 Å². The van der Waals surface area contributed by atoms with E-state index in [-0.39, 0.29) is 22.3 Å². The van der Waals surface area contributed by atoms with Gasteiger partial charge in [-0.3, -0.25) is 0 Å². The van der Waals surface area contributed by atoms with Crippen molar-refractivity contribution in [2.24, 2.45) is 0 Å². The number of carbonyl (C=O) groups is 8. The van der Waals surface area contributed by atoms with Crippen LogP contribution in [0, 0.1) is 13.8 Å². The Morgan fingerprint density at radius 2 is 0.556 bits per heavy atom. The lowest BCUT2D eigenvalue weighted by Gasteiger charge is -2.21. The van der Waals surface area contributed by atoms with Gasteiger partial charge in [-0.15, -0.1) is 0 Å². The molecular weight excluding hydrogens is 712 g/mol. The zero-order valence-electron chi connectivity index (χ0n) is 28.4. The van der Waals surface area contributed by atoms with Crippen LogP contribution in [-0.2, 0) is 38.1 Å². The van der Waals surface area contributed by atoms with Gasteiger partial charge in [0, 0.05) is 0 Å². The highest BCUT2D eigenvalue weighted by Gasteiger charge is 2.42. The van der Waals surface area contributed by atoms with Crippen LogP contribution in [0.3, 0.4) is 0 Å². The van der Waals surface area contributed by atoms with Crippen LogP contribution in [0.15, 0.2) is 109 Å². The lowest BCUT2D eigenvalue weighted by atomic mass is 10.1. The van der Waals surface area contributed by atoms with E-state index in [1.54, 1.807) is 50.2 Å². The van der Waals surface area contributed by atoms with Gasteiger partial charge in [-0.2, -0.15) is 0 Å². The van der Waals surface area contributed by atoms with E-state index in [2.05, 4.69) is 0 Å². The molecule has 4 rings (SSSR count). The molecular formula is C38H32O16. The predicted octanol–water partition coefficient (Wildman–Crippen LogP) is 3.83. The van der Waals surface area contributed by atoms with Gasteiger partial charge >= 0.3 is 47.8 Å². The van der Waals surface area contributed by atoms with Crippen molar-refractivity contribution in [1.82, 2.24) is 0 Å². The molecule has 0 fully saturated rings.